The molecule has 1 nitrogen and oxygen atoms in total. The molecule has 0 bridgehead atoms. The first-order valence-electron chi connectivity index (χ1n) is 4.22. The van der Waals surface area contributed by atoms with Crippen molar-refractivity contribution in [3.63, 3.8) is 0 Å². The van der Waals surface area contributed by atoms with Crippen LogP contribution >= 0.6 is 22.6 Å². The third-order valence-corrected chi connectivity index (χ3v) is 3.32. The van der Waals surface area contributed by atoms with E-state index in [9.17, 15) is 0 Å². The van der Waals surface area contributed by atoms with Crippen LogP contribution in [0, 0.1) is 0 Å². The number of hydrogen-bond donors (Lipinski definition) is 0. The van der Waals surface area contributed by atoms with Crippen molar-refractivity contribution in [3.05, 3.63) is 9.15 Å². The largest absolute Gasteiger partial charge is 0.378 e. The van der Waals surface area contributed by atoms with Crippen LogP contribution < -0.4 is 0 Å². The molecule has 0 aromatic rings. The Labute approximate surface area is 82.3 Å². The Morgan fingerprint density at radius 3 is 2.64 bits per heavy atom. The molecule has 0 saturated carbocycles. The number of allylic oxidation sites excluding steroid dienone is 1. The molecule has 0 N–H and O–H groups in total. The average Bonchev–Trinajstić information content (AvgIpc) is 1.98. The van der Waals surface area contributed by atoms with Crippen LogP contribution in [0.1, 0.15) is 33.1 Å². The minimum absolute atomic E-state index is 0.417. The summed E-state index contributed by atoms with van der Waals surface area (Å²) in [5.74, 6) is 0. The van der Waals surface area contributed by atoms with Crippen LogP contribution in [0.2, 0.25) is 0 Å². The predicted molar refractivity (Wildman–Crippen MR) is 56.0 cm³/mol. The predicted octanol–water partition coefficient (Wildman–Crippen LogP) is 3.28. The summed E-state index contributed by atoms with van der Waals surface area (Å²) in [6.07, 6.45) is 4.16. The van der Waals surface area contributed by atoms with Gasteiger partial charge in [-0.2, -0.15) is 0 Å². The average molecular weight is 266 g/mol. The molecule has 0 fully saturated rings. The third kappa shape index (κ3) is 2.75. The summed E-state index contributed by atoms with van der Waals surface area (Å²) in [6.45, 7) is 5.04. The smallest absolute Gasteiger partial charge is 0.0584 e. The standard InChI is InChI=1S/C9H15IO/c1-3-11-7(2)6-8-4-5-9(8)10/h7H,3-6H2,1-2H3. The van der Waals surface area contributed by atoms with Crippen molar-refractivity contribution in [2.24, 2.45) is 0 Å². The van der Waals surface area contributed by atoms with E-state index in [0.29, 0.717) is 6.10 Å². The van der Waals surface area contributed by atoms with Gasteiger partial charge >= 0.3 is 0 Å². The third-order valence-electron chi connectivity index (χ3n) is 2.01. The summed E-state index contributed by atoms with van der Waals surface area (Å²) in [5.41, 5.74) is 1.62. The zero-order chi connectivity index (χ0) is 8.27. The maximum Gasteiger partial charge on any atom is 0.0584 e. The number of rotatable bonds is 4. The zero-order valence-electron chi connectivity index (χ0n) is 7.19. The summed E-state index contributed by atoms with van der Waals surface area (Å²) < 4.78 is 7.02. The van der Waals surface area contributed by atoms with E-state index in [1.165, 1.54) is 12.8 Å². The lowest BCUT2D eigenvalue weighted by molar-refractivity contribution is 0.0756. The van der Waals surface area contributed by atoms with Gasteiger partial charge in [-0.3, -0.25) is 0 Å². The van der Waals surface area contributed by atoms with Gasteiger partial charge < -0.3 is 4.74 Å². The molecule has 1 aliphatic rings. The highest BCUT2D eigenvalue weighted by Gasteiger charge is 2.16. The van der Waals surface area contributed by atoms with Gasteiger partial charge in [-0.25, -0.2) is 0 Å². The van der Waals surface area contributed by atoms with Gasteiger partial charge in [-0.15, -0.1) is 0 Å². The van der Waals surface area contributed by atoms with Crippen molar-refractivity contribution in [1.82, 2.24) is 0 Å². The molecule has 64 valence electrons. The maximum absolute atomic E-state index is 5.46. The van der Waals surface area contributed by atoms with Gasteiger partial charge in [0.25, 0.3) is 0 Å². The van der Waals surface area contributed by atoms with Gasteiger partial charge in [-0.1, -0.05) is 5.57 Å². The Hall–Kier alpha value is 0.430. The van der Waals surface area contributed by atoms with E-state index >= 15 is 0 Å². The van der Waals surface area contributed by atoms with Gasteiger partial charge in [0, 0.05) is 6.61 Å². The molecule has 0 saturated heterocycles. The van der Waals surface area contributed by atoms with Crippen LogP contribution in [0.4, 0.5) is 0 Å². The lowest BCUT2D eigenvalue weighted by Crippen LogP contribution is -2.12. The molecule has 0 heterocycles. The van der Waals surface area contributed by atoms with Gasteiger partial charge in [0.1, 0.15) is 0 Å². The fourth-order valence-corrected chi connectivity index (χ4v) is 2.06. The first-order valence-corrected chi connectivity index (χ1v) is 5.30. The monoisotopic (exact) mass is 266 g/mol. The quantitative estimate of drug-likeness (QED) is 0.709. The van der Waals surface area contributed by atoms with E-state index in [1.807, 2.05) is 0 Å². The second-order valence-corrected chi connectivity index (χ2v) is 4.28. The van der Waals surface area contributed by atoms with E-state index in [2.05, 4.69) is 36.4 Å². The van der Waals surface area contributed by atoms with Crippen LogP contribution in [0.5, 0.6) is 0 Å². The van der Waals surface area contributed by atoms with Crippen molar-refractivity contribution in [3.8, 4) is 0 Å². The molecule has 0 aliphatic heterocycles. The van der Waals surface area contributed by atoms with Crippen LogP contribution in [-0.2, 0) is 4.74 Å². The Balaban J connectivity index is 2.25. The zero-order valence-corrected chi connectivity index (χ0v) is 9.35. The Kier molecular flexibility index (Phi) is 3.85. The molecule has 1 unspecified atom stereocenters. The highest BCUT2D eigenvalue weighted by Crippen LogP contribution is 2.35. The van der Waals surface area contributed by atoms with Crippen molar-refractivity contribution in [1.29, 1.82) is 0 Å². The van der Waals surface area contributed by atoms with E-state index in [4.69, 9.17) is 4.74 Å². The molecule has 0 radical (unpaired) electrons. The van der Waals surface area contributed by atoms with Gasteiger partial charge in [0.2, 0.25) is 0 Å². The molecular formula is C9H15IO. The van der Waals surface area contributed by atoms with E-state index in [1.54, 1.807) is 9.15 Å². The van der Waals surface area contributed by atoms with Crippen LogP contribution in [0.15, 0.2) is 9.15 Å². The number of halogens is 1. The first-order chi connectivity index (χ1) is 5.24. The SMILES string of the molecule is CCOC(C)CC1=C(I)CC1. The molecular weight excluding hydrogens is 251 g/mol. The lowest BCUT2D eigenvalue weighted by atomic mass is 9.94. The molecule has 1 rings (SSSR count). The molecule has 0 spiro atoms. The van der Waals surface area contributed by atoms with Crippen molar-refractivity contribution >= 4 is 22.6 Å². The van der Waals surface area contributed by atoms with E-state index in [-0.39, 0.29) is 0 Å². The highest BCUT2D eigenvalue weighted by molar-refractivity contribution is 14.1. The fourth-order valence-electron chi connectivity index (χ4n) is 1.30. The van der Waals surface area contributed by atoms with Gasteiger partial charge in [0.15, 0.2) is 0 Å². The van der Waals surface area contributed by atoms with Crippen molar-refractivity contribution < 1.29 is 4.74 Å². The van der Waals surface area contributed by atoms with Gasteiger partial charge in [0.05, 0.1) is 6.10 Å². The number of hydrogen-bond acceptors (Lipinski definition) is 1. The molecule has 0 aromatic heterocycles. The minimum atomic E-state index is 0.417. The summed E-state index contributed by atoms with van der Waals surface area (Å²) in [7, 11) is 0. The second-order valence-electron chi connectivity index (χ2n) is 2.98. The normalized spacial score (nSPS) is 19.9. The summed E-state index contributed by atoms with van der Waals surface area (Å²) in [4.78, 5) is 0. The van der Waals surface area contributed by atoms with E-state index in [0.717, 1.165) is 13.0 Å². The molecule has 11 heavy (non-hydrogen) atoms. The number of ether oxygens (including phenoxy) is 1. The van der Waals surface area contributed by atoms with Crippen LogP contribution in [-0.4, -0.2) is 12.7 Å². The van der Waals surface area contributed by atoms with Crippen molar-refractivity contribution in [2.45, 2.75) is 39.2 Å². The minimum Gasteiger partial charge on any atom is -0.378 e. The molecule has 1 aliphatic carbocycles. The van der Waals surface area contributed by atoms with Crippen molar-refractivity contribution in [2.75, 3.05) is 6.61 Å². The maximum atomic E-state index is 5.46. The topological polar surface area (TPSA) is 9.23 Å². The van der Waals surface area contributed by atoms with Gasteiger partial charge in [-0.05, 0) is 59.3 Å². The summed E-state index contributed by atoms with van der Waals surface area (Å²) >= 11 is 2.44. The Bertz CT molecular complexity index is 163. The Morgan fingerprint density at radius 2 is 2.27 bits per heavy atom. The molecule has 1 atom stereocenters. The first kappa shape index (κ1) is 9.52. The molecule has 0 aromatic carbocycles. The van der Waals surface area contributed by atoms with Crippen LogP contribution in [0.3, 0.4) is 0 Å². The molecule has 0 amide bonds. The second kappa shape index (κ2) is 4.45. The fraction of sp³-hybridized carbons (Fsp3) is 0.778. The molecule has 2 heteroatoms. The Morgan fingerprint density at radius 1 is 1.55 bits per heavy atom. The van der Waals surface area contributed by atoms with Crippen LogP contribution in [0.25, 0.3) is 0 Å². The highest BCUT2D eigenvalue weighted by atomic mass is 127. The van der Waals surface area contributed by atoms with E-state index < -0.39 is 0 Å². The summed E-state index contributed by atoms with van der Waals surface area (Å²) in [6, 6.07) is 0. The summed E-state index contributed by atoms with van der Waals surface area (Å²) in [5, 5.41) is 0. The lowest BCUT2D eigenvalue weighted by Gasteiger charge is -2.22.